The molecule has 2 heteroatoms. The maximum atomic E-state index is 5.99. The highest BCUT2D eigenvalue weighted by Crippen LogP contribution is 2.31. The summed E-state index contributed by atoms with van der Waals surface area (Å²) in [5.41, 5.74) is 1.07. The Labute approximate surface area is 98.3 Å². The quantitative estimate of drug-likeness (QED) is 0.586. The van der Waals surface area contributed by atoms with Crippen molar-refractivity contribution in [1.82, 2.24) is 0 Å². The second-order valence-corrected chi connectivity index (χ2v) is 4.10. The molecule has 0 bridgehead atoms. The standard InChI is InChI=1S/C14H9ClO/c15-12-7-6-11-9-16-14(13(11)8-12)10-4-2-1-3-5-10/h1-9H. The Morgan fingerprint density at radius 1 is 0.938 bits per heavy atom. The average Bonchev–Trinajstić information content (AvgIpc) is 2.73. The number of fused-ring (bicyclic) bond motifs is 1. The lowest BCUT2D eigenvalue weighted by Gasteiger charge is -1.97. The molecule has 0 spiro atoms. The van der Waals surface area contributed by atoms with E-state index in [-0.39, 0.29) is 0 Å². The van der Waals surface area contributed by atoms with E-state index >= 15 is 0 Å². The summed E-state index contributed by atoms with van der Waals surface area (Å²) in [4.78, 5) is 0. The van der Waals surface area contributed by atoms with E-state index in [9.17, 15) is 0 Å². The predicted molar refractivity (Wildman–Crippen MR) is 66.7 cm³/mol. The fourth-order valence-corrected chi connectivity index (χ4v) is 2.00. The van der Waals surface area contributed by atoms with Crippen LogP contribution in [0.25, 0.3) is 22.1 Å². The van der Waals surface area contributed by atoms with Crippen molar-refractivity contribution in [1.29, 1.82) is 0 Å². The summed E-state index contributed by atoms with van der Waals surface area (Å²) in [7, 11) is 0. The van der Waals surface area contributed by atoms with E-state index in [1.807, 2.05) is 48.5 Å². The Bertz CT molecular complexity index is 626. The summed E-state index contributed by atoms with van der Waals surface area (Å²) in [6, 6.07) is 15.8. The minimum Gasteiger partial charge on any atom is -0.463 e. The number of hydrogen-bond acceptors (Lipinski definition) is 1. The molecule has 2 aromatic carbocycles. The van der Waals surface area contributed by atoms with E-state index in [1.165, 1.54) is 0 Å². The van der Waals surface area contributed by atoms with E-state index < -0.39 is 0 Å². The SMILES string of the molecule is Clc1ccc2coc(-c3ccccc3)c2c1. The van der Waals surface area contributed by atoms with Gasteiger partial charge in [-0.25, -0.2) is 0 Å². The highest BCUT2D eigenvalue weighted by atomic mass is 35.5. The third kappa shape index (κ3) is 1.50. The molecule has 0 atom stereocenters. The van der Waals surface area contributed by atoms with Gasteiger partial charge in [-0.1, -0.05) is 41.9 Å². The molecule has 0 aliphatic rings. The second kappa shape index (κ2) is 3.69. The van der Waals surface area contributed by atoms with Crippen LogP contribution in [-0.2, 0) is 0 Å². The number of rotatable bonds is 1. The third-order valence-electron chi connectivity index (χ3n) is 2.60. The zero-order valence-electron chi connectivity index (χ0n) is 8.48. The molecule has 3 rings (SSSR count). The van der Waals surface area contributed by atoms with Gasteiger partial charge in [0.05, 0.1) is 6.26 Å². The molecule has 0 aliphatic heterocycles. The second-order valence-electron chi connectivity index (χ2n) is 3.66. The summed E-state index contributed by atoms with van der Waals surface area (Å²) < 4.78 is 5.60. The van der Waals surface area contributed by atoms with Crippen LogP contribution in [0.3, 0.4) is 0 Å². The van der Waals surface area contributed by atoms with Crippen molar-refractivity contribution in [2.45, 2.75) is 0 Å². The molecule has 78 valence electrons. The van der Waals surface area contributed by atoms with Crippen LogP contribution in [0, 0.1) is 0 Å². The molecule has 0 saturated heterocycles. The molecule has 0 saturated carbocycles. The largest absolute Gasteiger partial charge is 0.463 e. The first-order chi connectivity index (χ1) is 7.84. The van der Waals surface area contributed by atoms with Crippen LogP contribution < -0.4 is 0 Å². The molecule has 3 aromatic rings. The monoisotopic (exact) mass is 228 g/mol. The number of benzene rings is 2. The fraction of sp³-hybridized carbons (Fsp3) is 0. The van der Waals surface area contributed by atoms with Gasteiger partial charge in [0.1, 0.15) is 5.76 Å². The van der Waals surface area contributed by atoms with Gasteiger partial charge in [0.15, 0.2) is 0 Å². The number of furan rings is 1. The van der Waals surface area contributed by atoms with Gasteiger partial charge < -0.3 is 4.42 Å². The normalized spacial score (nSPS) is 10.8. The molecule has 0 radical (unpaired) electrons. The van der Waals surface area contributed by atoms with Crippen LogP contribution >= 0.6 is 11.6 Å². The van der Waals surface area contributed by atoms with Gasteiger partial charge in [-0.05, 0) is 18.2 Å². The third-order valence-corrected chi connectivity index (χ3v) is 2.83. The van der Waals surface area contributed by atoms with Crippen molar-refractivity contribution < 1.29 is 4.42 Å². The van der Waals surface area contributed by atoms with E-state index in [1.54, 1.807) is 6.26 Å². The number of hydrogen-bond donors (Lipinski definition) is 0. The van der Waals surface area contributed by atoms with Gasteiger partial charge in [-0.15, -0.1) is 0 Å². The lowest BCUT2D eigenvalue weighted by atomic mass is 10.1. The maximum Gasteiger partial charge on any atom is 0.141 e. The van der Waals surface area contributed by atoms with Crippen molar-refractivity contribution >= 4 is 22.4 Å². The zero-order valence-corrected chi connectivity index (χ0v) is 9.24. The molecule has 1 aromatic heterocycles. The first-order valence-electron chi connectivity index (χ1n) is 5.07. The van der Waals surface area contributed by atoms with Crippen molar-refractivity contribution in [3.63, 3.8) is 0 Å². The Morgan fingerprint density at radius 2 is 1.75 bits per heavy atom. The predicted octanol–water partition coefficient (Wildman–Crippen LogP) is 4.75. The van der Waals surface area contributed by atoms with Gasteiger partial charge >= 0.3 is 0 Å². The fourth-order valence-electron chi connectivity index (χ4n) is 1.83. The highest BCUT2D eigenvalue weighted by molar-refractivity contribution is 6.31. The Balaban J connectivity index is 2.29. The molecule has 1 heterocycles. The Kier molecular flexibility index (Phi) is 2.19. The van der Waals surface area contributed by atoms with E-state index in [0.717, 1.165) is 27.1 Å². The van der Waals surface area contributed by atoms with Crippen LogP contribution in [0.15, 0.2) is 59.2 Å². The average molecular weight is 229 g/mol. The minimum atomic E-state index is 0.728. The Hall–Kier alpha value is -1.73. The molecule has 0 aliphatic carbocycles. The van der Waals surface area contributed by atoms with Crippen LogP contribution in [0.5, 0.6) is 0 Å². The van der Waals surface area contributed by atoms with Crippen molar-refractivity contribution in [2.75, 3.05) is 0 Å². The van der Waals surface area contributed by atoms with Gasteiger partial charge in [-0.3, -0.25) is 0 Å². The maximum absolute atomic E-state index is 5.99. The van der Waals surface area contributed by atoms with Gasteiger partial charge in [-0.2, -0.15) is 0 Å². The molecule has 0 unspecified atom stereocenters. The topological polar surface area (TPSA) is 13.1 Å². The lowest BCUT2D eigenvalue weighted by Crippen LogP contribution is -1.74. The summed E-state index contributed by atoms with van der Waals surface area (Å²) >= 11 is 5.99. The van der Waals surface area contributed by atoms with E-state index in [2.05, 4.69) is 0 Å². The zero-order chi connectivity index (χ0) is 11.0. The Morgan fingerprint density at radius 3 is 2.56 bits per heavy atom. The van der Waals surface area contributed by atoms with Crippen molar-refractivity contribution in [2.24, 2.45) is 0 Å². The molecule has 16 heavy (non-hydrogen) atoms. The first-order valence-corrected chi connectivity index (χ1v) is 5.44. The molecular formula is C14H9ClO. The summed E-state index contributed by atoms with van der Waals surface area (Å²) in [6.07, 6.45) is 1.76. The van der Waals surface area contributed by atoms with Gasteiger partial charge in [0.2, 0.25) is 0 Å². The first kappa shape index (κ1) is 9.49. The highest BCUT2D eigenvalue weighted by Gasteiger charge is 2.08. The van der Waals surface area contributed by atoms with Crippen LogP contribution in [-0.4, -0.2) is 0 Å². The molecule has 0 N–H and O–H groups in total. The van der Waals surface area contributed by atoms with Crippen molar-refractivity contribution in [3.8, 4) is 11.3 Å². The van der Waals surface area contributed by atoms with Gasteiger partial charge in [0, 0.05) is 21.4 Å². The van der Waals surface area contributed by atoms with Crippen LogP contribution in [0.1, 0.15) is 0 Å². The minimum absolute atomic E-state index is 0.728. The summed E-state index contributed by atoms with van der Waals surface area (Å²) in [5, 5.41) is 2.85. The van der Waals surface area contributed by atoms with Crippen molar-refractivity contribution in [3.05, 3.63) is 59.8 Å². The molecule has 0 amide bonds. The molecular weight excluding hydrogens is 220 g/mol. The van der Waals surface area contributed by atoms with Gasteiger partial charge in [0.25, 0.3) is 0 Å². The number of halogens is 1. The van der Waals surface area contributed by atoms with E-state index in [0.29, 0.717) is 0 Å². The van der Waals surface area contributed by atoms with Crippen LogP contribution in [0.2, 0.25) is 5.02 Å². The smallest absolute Gasteiger partial charge is 0.141 e. The van der Waals surface area contributed by atoms with E-state index in [4.69, 9.17) is 16.0 Å². The summed E-state index contributed by atoms with van der Waals surface area (Å²) in [5.74, 6) is 0.873. The lowest BCUT2D eigenvalue weighted by molar-refractivity contribution is 0.587. The molecule has 0 fully saturated rings. The molecule has 1 nitrogen and oxygen atoms in total. The van der Waals surface area contributed by atoms with Crippen LogP contribution in [0.4, 0.5) is 0 Å². The summed E-state index contributed by atoms with van der Waals surface area (Å²) in [6.45, 7) is 0.